The zero-order chi connectivity index (χ0) is 15.9. The van der Waals surface area contributed by atoms with Crippen LogP contribution >= 0.6 is 0 Å². The number of oxime groups is 1. The lowest BCUT2D eigenvalue weighted by Gasteiger charge is -2.26. The molecular weight excluding hydrogens is 272 g/mol. The molecule has 7 heteroatoms. The van der Waals surface area contributed by atoms with Crippen molar-refractivity contribution in [3.8, 4) is 0 Å². The van der Waals surface area contributed by atoms with Crippen molar-refractivity contribution < 1.29 is 14.7 Å². The summed E-state index contributed by atoms with van der Waals surface area (Å²) in [5, 5.41) is 12.3. The fraction of sp³-hybridized carbons (Fsp3) is 0.429. The lowest BCUT2D eigenvalue weighted by molar-refractivity contribution is 0.0298. The average Bonchev–Trinajstić information content (AvgIpc) is 2.42. The Morgan fingerprint density at radius 2 is 2.24 bits per heavy atom. The van der Waals surface area contributed by atoms with Crippen molar-refractivity contribution >= 4 is 11.8 Å². The summed E-state index contributed by atoms with van der Waals surface area (Å²) in [5.41, 5.74) is -0.00650. The molecule has 1 rings (SSSR count). The minimum atomic E-state index is -0.612. The van der Waals surface area contributed by atoms with Crippen LogP contribution < -0.4 is 0 Å². The van der Waals surface area contributed by atoms with Gasteiger partial charge in [-0.25, -0.2) is 4.79 Å². The van der Waals surface area contributed by atoms with E-state index in [0.717, 1.165) is 0 Å². The van der Waals surface area contributed by atoms with Gasteiger partial charge in [-0.15, -0.1) is 6.58 Å². The molecule has 1 amide bonds. The second-order valence-electron chi connectivity index (χ2n) is 5.29. The summed E-state index contributed by atoms with van der Waals surface area (Å²) in [6.07, 6.45) is 5.48. The Balaban J connectivity index is 2.87. The van der Waals surface area contributed by atoms with Crippen LogP contribution in [0.25, 0.3) is 0 Å². The molecule has 0 spiro atoms. The first-order valence-corrected chi connectivity index (χ1v) is 6.43. The third-order valence-electron chi connectivity index (χ3n) is 2.32. The Bertz CT molecular complexity index is 509. The molecule has 0 aliphatic carbocycles. The summed E-state index contributed by atoms with van der Waals surface area (Å²) in [6.45, 7) is 9.24. The quantitative estimate of drug-likeness (QED) is 0.388. The highest BCUT2D eigenvalue weighted by Crippen LogP contribution is 2.10. The molecule has 1 aromatic rings. The maximum Gasteiger partial charge on any atom is 0.410 e. The number of aromatic nitrogens is 2. The normalized spacial score (nSPS) is 11.9. The summed E-state index contributed by atoms with van der Waals surface area (Å²) >= 11 is 0. The van der Waals surface area contributed by atoms with E-state index in [9.17, 15) is 4.79 Å². The lowest BCUT2D eigenvalue weighted by Crippen LogP contribution is -2.40. The number of ether oxygens (including phenoxy) is 1. The number of hydrogen-bond acceptors (Lipinski definition) is 6. The van der Waals surface area contributed by atoms with Crippen molar-refractivity contribution in [2.75, 3.05) is 13.1 Å². The van der Waals surface area contributed by atoms with Crippen molar-refractivity contribution in [2.45, 2.75) is 26.4 Å². The maximum absolute atomic E-state index is 12.1. The van der Waals surface area contributed by atoms with Crippen LogP contribution in [-0.4, -0.2) is 50.6 Å². The van der Waals surface area contributed by atoms with E-state index in [1.54, 1.807) is 26.8 Å². The number of rotatable bonds is 5. The summed E-state index contributed by atoms with van der Waals surface area (Å²) in [7, 11) is 0. The van der Waals surface area contributed by atoms with Gasteiger partial charge in [0.2, 0.25) is 0 Å². The first-order valence-electron chi connectivity index (χ1n) is 6.43. The fourth-order valence-electron chi connectivity index (χ4n) is 1.48. The molecule has 21 heavy (non-hydrogen) atoms. The van der Waals surface area contributed by atoms with Crippen LogP contribution in [-0.2, 0) is 4.74 Å². The van der Waals surface area contributed by atoms with E-state index in [2.05, 4.69) is 21.7 Å². The predicted molar refractivity (Wildman–Crippen MR) is 78.4 cm³/mol. The van der Waals surface area contributed by atoms with Crippen molar-refractivity contribution in [3.05, 3.63) is 36.9 Å². The molecule has 0 saturated heterocycles. The second-order valence-corrected chi connectivity index (χ2v) is 5.29. The van der Waals surface area contributed by atoms with Gasteiger partial charge in [0.05, 0.1) is 12.7 Å². The van der Waals surface area contributed by atoms with Gasteiger partial charge >= 0.3 is 6.09 Å². The molecule has 0 unspecified atom stereocenters. The van der Waals surface area contributed by atoms with Crippen LogP contribution in [0.3, 0.4) is 0 Å². The zero-order valence-corrected chi connectivity index (χ0v) is 12.5. The Labute approximate surface area is 124 Å². The second kappa shape index (κ2) is 7.37. The Morgan fingerprint density at radius 3 is 2.71 bits per heavy atom. The molecule has 0 radical (unpaired) electrons. The molecule has 0 aliphatic heterocycles. The van der Waals surface area contributed by atoms with E-state index in [1.807, 2.05) is 0 Å². The molecule has 1 aromatic heterocycles. The Hall–Kier alpha value is -2.44. The molecule has 0 aromatic carbocycles. The van der Waals surface area contributed by atoms with Crippen LogP contribution in [0.15, 0.2) is 36.4 Å². The minimum Gasteiger partial charge on any atom is -0.444 e. The van der Waals surface area contributed by atoms with Crippen LogP contribution in [0.5, 0.6) is 0 Å². The zero-order valence-electron chi connectivity index (χ0n) is 12.5. The van der Waals surface area contributed by atoms with Gasteiger partial charge < -0.3 is 9.94 Å². The van der Waals surface area contributed by atoms with Gasteiger partial charge in [-0.1, -0.05) is 11.2 Å². The summed E-state index contributed by atoms with van der Waals surface area (Å²) in [4.78, 5) is 21.4. The van der Waals surface area contributed by atoms with Gasteiger partial charge in [0.15, 0.2) is 0 Å². The Kier molecular flexibility index (Phi) is 5.83. The number of carbonyl (C=O) groups excluding carboxylic acids is 1. The van der Waals surface area contributed by atoms with Gasteiger partial charge in [0, 0.05) is 18.9 Å². The molecule has 1 heterocycles. The SMILES string of the molecule is C=CCN(C/C(=N/O)c1cnccn1)C(=O)OC(C)(C)C. The summed E-state index contributed by atoms with van der Waals surface area (Å²) in [6, 6.07) is 0. The van der Waals surface area contributed by atoms with Gasteiger partial charge in [-0.3, -0.25) is 14.9 Å². The van der Waals surface area contributed by atoms with E-state index in [4.69, 9.17) is 9.94 Å². The van der Waals surface area contributed by atoms with Crippen LogP contribution in [0.2, 0.25) is 0 Å². The molecule has 0 atom stereocenters. The van der Waals surface area contributed by atoms with E-state index in [0.29, 0.717) is 5.69 Å². The maximum atomic E-state index is 12.1. The number of amides is 1. The topological polar surface area (TPSA) is 87.9 Å². The molecule has 0 fully saturated rings. The molecule has 0 saturated carbocycles. The first kappa shape index (κ1) is 16.6. The van der Waals surface area contributed by atoms with E-state index >= 15 is 0 Å². The summed E-state index contributed by atoms with van der Waals surface area (Å²) < 4.78 is 5.30. The van der Waals surface area contributed by atoms with E-state index in [-0.39, 0.29) is 18.8 Å². The third kappa shape index (κ3) is 5.60. The fourth-order valence-corrected chi connectivity index (χ4v) is 1.48. The van der Waals surface area contributed by atoms with Crippen LogP contribution in [0.1, 0.15) is 26.5 Å². The predicted octanol–water partition coefficient (Wildman–Crippen LogP) is 2.08. The van der Waals surface area contributed by atoms with Gasteiger partial charge in [0.1, 0.15) is 17.0 Å². The lowest BCUT2D eigenvalue weighted by atomic mass is 10.2. The van der Waals surface area contributed by atoms with E-state index < -0.39 is 11.7 Å². The van der Waals surface area contributed by atoms with E-state index in [1.165, 1.54) is 23.5 Å². The smallest absolute Gasteiger partial charge is 0.410 e. The van der Waals surface area contributed by atoms with Crippen molar-refractivity contribution in [1.82, 2.24) is 14.9 Å². The monoisotopic (exact) mass is 292 g/mol. The molecule has 1 N–H and O–H groups in total. The minimum absolute atomic E-state index is 0.0378. The van der Waals surface area contributed by atoms with Crippen LogP contribution in [0.4, 0.5) is 4.79 Å². The van der Waals surface area contributed by atoms with Gasteiger partial charge in [-0.2, -0.15) is 0 Å². The first-order chi connectivity index (χ1) is 9.87. The van der Waals surface area contributed by atoms with Crippen molar-refractivity contribution in [3.63, 3.8) is 0 Å². The molecule has 0 aliphatic rings. The van der Waals surface area contributed by atoms with Gasteiger partial charge in [-0.05, 0) is 20.8 Å². The van der Waals surface area contributed by atoms with Crippen molar-refractivity contribution in [2.24, 2.45) is 5.16 Å². The standard InChI is InChI=1S/C14H20N4O3/c1-5-8-18(13(19)21-14(2,3)4)10-12(17-20)11-9-15-6-7-16-11/h5-7,9,20H,1,8,10H2,2-4H3/b17-12-. The highest BCUT2D eigenvalue weighted by atomic mass is 16.6. The number of carbonyl (C=O) groups is 1. The average molecular weight is 292 g/mol. The molecule has 0 bridgehead atoms. The molecular formula is C14H20N4O3. The third-order valence-corrected chi connectivity index (χ3v) is 2.32. The number of nitrogens with zero attached hydrogens (tertiary/aromatic N) is 4. The van der Waals surface area contributed by atoms with Crippen LogP contribution in [0, 0.1) is 0 Å². The summed E-state index contributed by atoms with van der Waals surface area (Å²) in [5.74, 6) is 0. The largest absolute Gasteiger partial charge is 0.444 e. The highest BCUT2D eigenvalue weighted by Gasteiger charge is 2.23. The Morgan fingerprint density at radius 1 is 1.52 bits per heavy atom. The number of hydrogen-bond donors (Lipinski definition) is 1. The highest BCUT2D eigenvalue weighted by molar-refractivity contribution is 6.01. The van der Waals surface area contributed by atoms with Gasteiger partial charge in [0.25, 0.3) is 0 Å². The molecule has 7 nitrogen and oxygen atoms in total. The van der Waals surface area contributed by atoms with Crippen molar-refractivity contribution in [1.29, 1.82) is 0 Å². The molecule has 114 valence electrons.